The lowest BCUT2D eigenvalue weighted by Gasteiger charge is -2.38. The van der Waals surface area contributed by atoms with Crippen molar-refractivity contribution >= 4 is 28.9 Å². The van der Waals surface area contributed by atoms with E-state index in [4.69, 9.17) is 19.2 Å². The number of para-hydroxylation sites is 2. The van der Waals surface area contributed by atoms with Gasteiger partial charge in [-0.3, -0.25) is 14.5 Å². The zero-order valence-electron chi connectivity index (χ0n) is 23.4. The van der Waals surface area contributed by atoms with E-state index in [1.165, 1.54) is 0 Å². The highest BCUT2D eigenvalue weighted by Crippen LogP contribution is 2.43. The fraction of sp³-hybridized carbons (Fsp3) is 0.344. The predicted molar refractivity (Wildman–Crippen MR) is 154 cm³/mol. The molecule has 0 aliphatic carbocycles. The number of anilines is 1. The number of rotatable bonds is 10. The summed E-state index contributed by atoms with van der Waals surface area (Å²) in [5.74, 6) is 0.0948. The molecule has 3 aromatic carbocycles. The summed E-state index contributed by atoms with van der Waals surface area (Å²) in [4.78, 5) is 34.2. The van der Waals surface area contributed by atoms with Crippen molar-refractivity contribution in [2.75, 3.05) is 25.2 Å². The van der Waals surface area contributed by atoms with Crippen LogP contribution in [-0.2, 0) is 20.9 Å². The Hall–Kier alpha value is -4.33. The van der Waals surface area contributed by atoms with Gasteiger partial charge in [-0.2, -0.15) is 0 Å². The highest BCUT2D eigenvalue weighted by Gasteiger charge is 2.48. The Morgan fingerprint density at radius 2 is 1.75 bits per heavy atom. The molecule has 1 amide bonds. The lowest BCUT2D eigenvalue weighted by molar-refractivity contribution is -0.153. The molecular formula is C32H35N3O5. The first-order chi connectivity index (χ1) is 19.4. The van der Waals surface area contributed by atoms with Gasteiger partial charge in [0.25, 0.3) is 0 Å². The van der Waals surface area contributed by atoms with Gasteiger partial charge in [-0.25, -0.2) is 4.98 Å². The Labute approximate surface area is 234 Å². The van der Waals surface area contributed by atoms with E-state index in [1.54, 1.807) is 18.9 Å². The number of hydrogen-bond acceptors (Lipinski definition) is 6. The molecule has 0 unspecified atom stereocenters. The van der Waals surface area contributed by atoms with Crippen LogP contribution in [0.5, 0.6) is 11.5 Å². The fourth-order valence-corrected chi connectivity index (χ4v) is 5.16. The molecule has 4 aromatic rings. The zero-order valence-corrected chi connectivity index (χ0v) is 23.4. The average molecular weight is 542 g/mol. The third-order valence-electron chi connectivity index (χ3n) is 7.15. The molecule has 8 nitrogen and oxygen atoms in total. The molecule has 40 heavy (non-hydrogen) atoms. The van der Waals surface area contributed by atoms with E-state index in [0.717, 1.165) is 28.6 Å². The second-order valence-electron chi connectivity index (χ2n) is 10.3. The molecule has 5 rings (SSSR count). The first kappa shape index (κ1) is 27.2. The fourth-order valence-electron chi connectivity index (χ4n) is 5.16. The summed E-state index contributed by atoms with van der Waals surface area (Å²) in [6.07, 6.45) is 0.911. The number of aromatic nitrogens is 2. The van der Waals surface area contributed by atoms with Gasteiger partial charge in [-0.1, -0.05) is 62.4 Å². The van der Waals surface area contributed by atoms with E-state index in [0.29, 0.717) is 30.0 Å². The van der Waals surface area contributed by atoms with Gasteiger partial charge in [0.15, 0.2) is 17.4 Å². The van der Waals surface area contributed by atoms with E-state index in [1.807, 2.05) is 77.4 Å². The summed E-state index contributed by atoms with van der Waals surface area (Å²) >= 11 is 0. The van der Waals surface area contributed by atoms with Crippen molar-refractivity contribution in [2.45, 2.75) is 39.8 Å². The molecule has 0 bridgehead atoms. The number of fused-ring (bicyclic) bond motifs is 3. The molecule has 0 radical (unpaired) electrons. The summed E-state index contributed by atoms with van der Waals surface area (Å²) in [6.45, 7) is 7.04. The highest BCUT2D eigenvalue weighted by atomic mass is 16.5. The van der Waals surface area contributed by atoms with Crippen molar-refractivity contribution in [3.8, 4) is 11.5 Å². The smallest absolute Gasteiger partial charge is 0.321 e. The molecule has 0 spiro atoms. The summed E-state index contributed by atoms with van der Waals surface area (Å²) in [5, 5.41) is 0. The van der Waals surface area contributed by atoms with Crippen molar-refractivity contribution in [1.82, 2.24) is 9.55 Å². The number of carbonyl (C=O) groups excluding carboxylic acids is 2. The average Bonchev–Trinajstić information content (AvgIpc) is 3.34. The predicted octanol–water partition coefficient (Wildman–Crippen LogP) is 5.79. The number of methoxy groups -OCH3 is 1. The van der Waals surface area contributed by atoms with Crippen LogP contribution in [0.3, 0.4) is 0 Å². The maximum Gasteiger partial charge on any atom is 0.321 e. The van der Waals surface area contributed by atoms with Crippen LogP contribution in [0.15, 0.2) is 72.8 Å². The first-order valence-electron chi connectivity index (χ1n) is 13.7. The number of hydrogen-bond donors (Lipinski definition) is 0. The number of carbonyl (C=O) groups is 2. The van der Waals surface area contributed by atoms with E-state index < -0.39 is 17.9 Å². The van der Waals surface area contributed by atoms with Crippen LogP contribution in [0, 0.1) is 11.8 Å². The van der Waals surface area contributed by atoms with Gasteiger partial charge in [-0.05, 0) is 54.7 Å². The van der Waals surface area contributed by atoms with Crippen LogP contribution in [-0.4, -0.2) is 41.8 Å². The topological polar surface area (TPSA) is 82.9 Å². The van der Waals surface area contributed by atoms with Crippen molar-refractivity contribution in [1.29, 1.82) is 0 Å². The van der Waals surface area contributed by atoms with Crippen molar-refractivity contribution in [2.24, 2.45) is 11.8 Å². The number of benzene rings is 3. The van der Waals surface area contributed by atoms with Gasteiger partial charge in [0.2, 0.25) is 11.9 Å². The highest BCUT2D eigenvalue weighted by molar-refractivity contribution is 6.08. The molecule has 0 N–H and O–H groups in total. The van der Waals surface area contributed by atoms with Gasteiger partial charge in [0.1, 0.15) is 0 Å². The lowest BCUT2D eigenvalue weighted by atomic mass is 9.89. The second-order valence-corrected chi connectivity index (χ2v) is 10.3. The summed E-state index contributed by atoms with van der Waals surface area (Å²) in [6, 6.07) is 22.3. The number of imidazole rings is 1. The van der Waals surface area contributed by atoms with Crippen LogP contribution < -0.4 is 14.4 Å². The van der Waals surface area contributed by atoms with Crippen LogP contribution in [0.25, 0.3) is 11.0 Å². The molecular weight excluding hydrogens is 506 g/mol. The largest absolute Gasteiger partial charge is 0.493 e. The quantitative estimate of drug-likeness (QED) is 0.187. The maximum absolute atomic E-state index is 14.2. The number of amides is 1. The number of esters is 1. The molecule has 2 atom stereocenters. The Bertz CT molecular complexity index is 1500. The molecule has 0 saturated heterocycles. The molecule has 0 fully saturated rings. The normalized spacial score (nSPS) is 16.7. The molecule has 1 aliphatic heterocycles. The van der Waals surface area contributed by atoms with Gasteiger partial charge in [-0.15, -0.1) is 0 Å². The SMILES string of the molecule is CCOC(=O)[C@H]1C(=O)N(Cc2ccccc2)c2nc3ccccc3n2[C@@H]1c1ccc(OCCC(C)C)c(OC)c1. The Morgan fingerprint density at radius 1 is 1.00 bits per heavy atom. The Morgan fingerprint density at radius 3 is 2.48 bits per heavy atom. The molecule has 0 saturated carbocycles. The second kappa shape index (κ2) is 11.8. The standard InChI is InChI=1S/C32H35N3O5/c1-5-39-31(37)28-29(23-15-16-26(27(19-23)38-4)40-18-17-21(2)3)35-25-14-10-9-13-24(25)33-32(35)34(30(28)36)20-22-11-7-6-8-12-22/h6-16,19,21,28-29H,5,17-18,20H2,1-4H3/t28-,29-/m1/s1. The molecule has 1 aliphatic rings. The van der Waals surface area contributed by atoms with E-state index in [9.17, 15) is 9.59 Å². The number of nitrogens with zero attached hydrogens (tertiary/aromatic N) is 3. The lowest BCUT2D eigenvalue weighted by Crippen LogP contribution is -2.49. The third kappa shape index (κ3) is 5.26. The monoisotopic (exact) mass is 541 g/mol. The molecule has 8 heteroatoms. The zero-order chi connectivity index (χ0) is 28.2. The van der Waals surface area contributed by atoms with Crippen LogP contribution in [0.1, 0.15) is 44.4 Å². The molecule has 208 valence electrons. The molecule has 1 aromatic heterocycles. The van der Waals surface area contributed by atoms with Crippen molar-refractivity contribution in [3.63, 3.8) is 0 Å². The summed E-state index contributed by atoms with van der Waals surface area (Å²) < 4.78 is 19.2. The maximum atomic E-state index is 14.2. The van der Waals surface area contributed by atoms with Gasteiger partial charge >= 0.3 is 5.97 Å². The number of ether oxygens (including phenoxy) is 3. The molecule has 2 heterocycles. The van der Waals surface area contributed by atoms with Gasteiger partial charge in [0, 0.05) is 0 Å². The first-order valence-corrected chi connectivity index (χ1v) is 13.7. The minimum Gasteiger partial charge on any atom is -0.493 e. The Kier molecular flexibility index (Phi) is 8.05. The van der Waals surface area contributed by atoms with E-state index in [-0.39, 0.29) is 19.1 Å². The minimum absolute atomic E-state index is 0.164. The van der Waals surface area contributed by atoms with Crippen molar-refractivity contribution < 1.29 is 23.8 Å². The van der Waals surface area contributed by atoms with Crippen LogP contribution in [0.2, 0.25) is 0 Å². The van der Waals surface area contributed by atoms with Gasteiger partial charge < -0.3 is 18.8 Å². The van der Waals surface area contributed by atoms with Gasteiger partial charge in [0.05, 0.1) is 43.9 Å². The van der Waals surface area contributed by atoms with Crippen LogP contribution >= 0.6 is 0 Å². The van der Waals surface area contributed by atoms with E-state index in [2.05, 4.69) is 13.8 Å². The van der Waals surface area contributed by atoms with Crippen molar-refractivity contribution in [3.05, 3.63) is 83.9 Å². The van der Waals surface area contributed by atoms with E-state index >= 15 is 0 Å². The summed E-state index contributed by atoms with van der Waals surface area (Å²) in [7, 11) is 1.59. The third-order valence-corrected chi connectivity index (χ3v) is 7.15. The minimum atomic E-state index is -1.12. The Balaban J connectivity index is 1.66. The summed E-state index contributed by atoms with van der Waals surface area (Å²) in [5.41, 5.74) is 3.21. The van der Waals surface area contributed by atoms with Crippen LogP contribution in [0.4, 0.5) is 5.95 Å².